The van der Waals surface area contributed by atoms with Crippen molar-refractivity contribution in [3.8, 4) is 17.0 Å². The molecule has 0 bridgehead atoms. The van der Waals surface area contributed by atoms with E-state index in [0.717, 1.165) is 43.5 Å². The minimum Gasteiger partial charge on any atom is -0.494 e. The minimum atomic E-state index is -0.443. The van der Waals surface area contributed by atoms with Gasteiger partial charge in [-0.2, -0.15) is 0 Å². The number of carbonyl (C=O) groups is 1. The molecule has 5 nitrogen and oxygen atoms in total. The number of pyridine rings is 1. The Bertz CT molecular complexity index is 659. The van der Waals surface area contributed by atoms with Gasteiger partial charge in [0.2, 0.25) is 0 Å². The summed E-state index contributed by atoms with van der Waals surface area (Å²) >= 11 is 0. The van der Waals surface area contributed by atoms with Gasteiger partial charge in [-0.05, 0) is 43.7 Å². The van der Waals surface area contributed by atoms with E-state index in [2.05, 4.69) is 4.98 Å². The number of benzene rings is 1. The molecule has 2 rings (SSSR count). The molecule has 0 saturated heterocycles. The van der Waals surface area contributed by atoms with Crippen LogP contribution in [0.2, 0.25) is 0 Å². The van der Waals surface area contributed by atoms with Crippen LogP contribution in [0.1, 0.15) is 36.2 Å². The van der Waals surface area contributed by atoms with Gasteiger partial charge >= 0.3 is 5.97 Å². The fourth-order valence-electron chi connectivity index (χ4n) is 2.35. The zero-order chi connectivity index (χ0) is 17.2. The number of carbonyl (C=O) groups excluding carboxylic acids is 1. The highest BCUT2D eigenvalue weighted by Crippen LogP contribution is 2.23. The average molecular weight is 328 g/mol. The molecule has 24 heavy (non-hydrogen) atoms. The number of hydrogen-bond acceptors (Lipinski definition) is 5. The Morgan fingerprint density at radius 2 is 1.88 bits per heavy atom. The SMILES string of the molecule is COC(=O)c1cccc(-c2cccc(OCCCCCCN)c2)n1. The first-order chi connectivity index (χ1) is 11.7. The summed E-state index contributed by atoms with van der Waals surface area (Å²) in [6.07, 6.45) is 4.35. The van der Waals surface area contributed by atoms with E-state index in [9.17, 15) is 4.79 Å². The predicted octanol–water partition coefficient (Wildman–Crippen LogP) is 3.43. The number of methoxy groups -OCH3 is 1. The molecule has 1 aromatic heterocycles. The lowest BCUT2D eigenvalue weighted by atomic mass is 10.1. The summed E-state index contributed by atoms with van der Waals surface area (Å²) in [4.78, 5) is 15.9. The maximum absolute atomic E-state index is 11.6. The van der Waals surface area contributed by atoms with Crippen molar-refractivity contribution >= 4 is 5.97 Å². The van der Waals surface area contributed by atoms with Gasteiger partial charge in [-0.15, -0.1) is 0 Å². The Hall–Kier alpha value is -2.40. The zero-order valence-electron chi connectivity index (χ0n) is 14.0. The summed E-state index contributed by atoms with van der Waals surface area (Å²) in [5.74, 6) is 0.360. The smallest absolute Gasteiger partial charge is 0.356 e. The Balaban J connectivity index is 1.98. The normalized spacial score (nSPS) is 10.4. The van der Waals surface area contributed by atoms with Crippen molar-refractivity contribution in [1.29, 1.82) is 0 Å². The highest BCUT2D eigenvalue weighted by Gasteiger charge is 2.09. The van der Waals surface area contributed by atoms with E-state index < -0.39 is 5.97 Å². The topological polar surface area (TPSA) is 74.4 Å². The first-order valence-electron chi connectivity index (χ1n) is 8.23. The fraction of sp³-hybridized carbons (Fsp3) is 0.368. The summed E-state index contributed by atoms with van der Waals surface area (Å²) in [6.45, 7) is 1.43. The van der Waals surface area contributed by atoms with Crippen molar-refractivity contribution in [1.82, 2.24) is 4.98 Å². The van der Waals surface area contributed by atoms with Crippen molar-refractivity contribution < 1.29 is 14.3 Å². The summed E-state index contributed by atoms with van der Waals surface area (Å²) < 4.78 is 10.5. The molecule has 0 aliphatic carbocycles. The van der Waals surface area contributed by atoms with Crippen LogP contribution in [0, 0.1) is 0 Å². The number of esters is 1. The number of nitrogens with zero attached hydrogens (tertiary/aromatic N) is 1. The number of rotatable bonds is 9. The average Bonchev–Trinajstić information content (AvgIpc) is 2.64. The highest BCUT2D eigenvalue weighted by atomic mass is 16.5. The Morgan fingerprint density at radius 1 is 1.08 bits per heavy atom. The number of ether oxygens (including phenoxy) is 2. The molecule has 2 N–H and O–H groups in total. The quantitative estimate of drug-likeness (QED) is 0.564. The molecular formula is C19H24N2O3. The van der Waals surface area contributed by atoms with Crippen LogP contribution in [0.4, 0.5) is 0 Å². The Morgan fingerprint density at radius 3 is 2.67 bits per heavy atom. The lowest BCUT2D eigenvalue weighted by Gasteiger charge is -2.08. The molecule has 0 saturated carbocycles. The molecule has 0 aliphatic rings. The maximum Gasteiger partial charge on any atom is 0.356 e. The van der Waals surface area contributed by atoms with Crippen LogP contribution in [-0.2, 0) is 4.74 Å². The number of aromatic nitrogens is 1. The van der Waals surface area contributed by atoms with Gasteiger partial charge in [-0.3, -0.25) is 0 Å². The summed E-state index contributed by atoms with van der Waals surface area (Å²) in [5, 5.41) is 0. The van der Waals surface area contributed by atoms with Crippen LogP contribution in [0.3, 0.4) is 0 Å². The molecule has 0 unspecified atom stereocenters. The summed E-state index contributed by atoms with van der Waals surface area (Å²) in [5.41, 5.74) is 7.39. The molecule has 128 valence electrons. The lowest BCUT2D eigenvalue weighted by molar-refractivity contribution is 0.0594. The molecule has 0 amide bonds. The molecular weight excluding hydrogens is 304 g/mol. The van der Waals surface area contributed by atoms with E-state index in [0.29, 0.717) is 18.0 Å². The number of unbranched alkanes of at least 4 members (excludes halogenated alkanes) is 3. The molecule has 0 atom stereocenters. The van der Waals surface area contributed by atoms with Gasteiger partial charge in [-0.1, -0.05) is 31.0 Å². The van der Waals surface area contributed by atoms with Gasteiger partial charge < -0.3 is 15.2 Å². The molecule has 0 fully saturated rings. The van der Waals surface area contributed by atoms with Crippen molar-refractivity contribution in [3.63, 3.8) is 0 Å². The predicted molar refractivity (Wildman–Crippen MR) is 94.0 cm³/mol. The zero-order valence-corrected chi connectivity index (χ0v) is 14.0. The Kier molecular flexibility index (Phi) is 7.23. The Labute approximate surface area is 142 Å². The summed E-state index contributed by atoms with van der Waals surface area (Å²) in [7, 11) is 1.35. The van der Waals surface area contributed by atoms with E-state index >= 15 is 0 Å². The maximum atomic E-state index is 11.6. The molecule has 1 aromatic carbocycles. The monoisotopic (exact) mass is 328 g/mol. The second-order valence-electron chi connectivity index (χ2n) is 5.48. The largest absolute Gasteiger partial charge is 0.494 e. The van der Waals surface area contributed by atoms with Gasteiger partial charge in [0.05, 0.1) is 19.4 Å². The van der Waals surface area contributed by atoms with Crippen molar-refractivity contribution in [2.45, 2.75) is 25.7 Å². The van der Waals surface area contributed by atoms with Crippen LogP contribution in [-0.4, -0.2) is 31.2 Å². The lowest BCUT2D eigenvalue weighted by Crippen LogP contribution is -2.04. The van der Waals surface area contributed by atoms with E-state index in [-0.39, 0.29) is 0 Å². The third kappa shape index (κ3) is 5.35. The van der Waals surface area contributed by atoms with Gasteiger partial charge in [-0.25, -0.2) is 9.78 Å². The highest BCUT2D eigenvalue weighted by molar-refractivity contribution is 5.87. The van der Waals surface area contributed by atoms with E-state index in [1.165, 1.54) is 7.11 Å². The van der Waals surface area contributed by atoms with Gasteiger partial charge in [0, 0.05) is 5.56 Å². The van der Waals surface area contributed by atoms with E-state index in [4.69, 9.17) is 15.2 Å². The first-order valence-corrected chi connectivity index (χ1v) is 8.23. The number of nitrogens with two attached hydrogens (primary N) is 1. The van der Waals surface area contributed by atoms with Gasteiger partial charge in [0.15, 0.2) is 0 Å². The van der Waals surface area contributed by atoms with Crippen molar-refractivity contribution in [2.75, 3.05) is 20.3 Å². The second kappa shape index (κ2) is 9.67. The molecule has 1 heterocycles. The third-order valence-electron chi connectivity index (χ3n) is 3.64. The van der Waals surface area contributed by atoms with Gasteiger partial charge in [0.1, 0.15) is 11.4 Å². The molecule has 0 radical (unpaired) electrons. The van der Waals surface area contributed by atoms with E-state index in [1.807, 2.05) is 30.3 Å². The van der Waals surface area contributed by atoms with Crippen molar-refractivity contribution in [2.24, 2.45) is 5.73 Å². The first kappa shape index (κ1) is 17.9. The fourth-order valence-corrected chi connectivity index (χ4v) is 2.35. The minimum absolute atomic E-state index is 0.293. The van der Waals surface area contributed by atoms with Crippen LogP contribution >= 0.6 is 0 Å². The van der Waals surface area contributed by atoms with Crippen LogP contribution in [0.15, 0.2) is 42.5 Å². The molecule has 2 aromatic rings. The third-order valence-corrected chi connectivity index (χ3v) is 3.64. The second-order valence-corrected chi connectivity index (χ2v) is 5.48. The van der Waals surface area contributed by atoms with Gasteiger partial charge in [0.25, 0.3) is 0 Å². The van der Waals surface area contributed by atoms with Crippen LogP contribution in [0.25, 0.3) is 11.3 Å². The van der Waals surface area contributed by atoms with E-state index in [1.54, 1.807) is 12.1 Å². The standard InChI is InChI=1S/C19H24N2O3/c1-23-19(22)18-11-7-10-17(21-18)15-8-6-9-16(14-15)24-13-5-3-2-4-12-20/h6-11,14H,2-5,12-13,20H2,1H3. The molecule has 0 aliphatic heterocycles. The molecule has 5 heteroatoms. The summed E-state index contributed by atoms with van der Waals surface area (Å²) in [6, 6.07) is 13.0. The van der Waals surface area contributed by atoms with Crippen LogP contribution in [0.5, 0.6) is 5.75 Å². The number of hydrogen-bond donors (Lipinski definition) is 1. The van der Waals surface area contributed by atoms with Crippen molar-refractivity contribution in [3.05, 3.63) is 48.2 Å². The molecule has 0 spiro atoms. The van der Waals surface area contributed by atoms with Crippen LogP contribution < -0.4 is 10.5 Å².